The summed E-state index contributed by atoms with van der Waals surface area (Å²) < 4.78 is 31.6. The Kier molecular flexibility index (Phi) is 5.32. The lowest BCUT2D eigenvalue weighted by atomic mass is 10.1. The monoisotopic (exact) mass is 395 g/mol. The van der Waals surface area contributed by atoms with Crippen LogP contribution in [0.15, 0.2) is 10.5 Å². The number of β-lactam (4-membered cyclic amide) rings is 1. The molecule has 14 heteroatoms. The van der Waals surface area contributed by atoms with Gasteiger partial charge in [0, 0.05) is 5.38 Å². The number of amides is 2. The van der Waals surface area contributed by atoms with Crippen LogP contribution in [0, 0.1) is 0 Å². The molecule has 0 bridgehead atoms. The van der Waals surface area contributed by atoms with Gasteiger partial charge in [0.05, 0.1) is 0 Å². The van der Waals surface area contributed by atoms with Crippen molar-refractivity contribution in [3.63, 3.8) is 0 Å². The fraction of sp³-hybridized carbons (Fsp3) is 0.400. The second kappa shape index (κ2) is 6.92. The van der Waals surface area contributed by atoms with Crippen molar-refractivity contribution < 1.29 is 27.4 Å². The molecule has 0 radical (unpaired) electrons. The van der Waals surface area contributed by atoms with Crippen LogP contribution < -0.4 is 11.1 Å². The molecule has 2 heterocycles. The molecule has 1 fully saturated rings. The first-order valence-corrected chi connectivity index (χ1v) is 9.74. The van der Waals surface area contributed by atoms with Gasteiger partial charge in [-0.15, -0.1) is 23.1 Å². The van der Waals surface area contributed by atoms with Gasteiger partial charge in [0.1, 0.15) is 24.2 Å². The highest BCUT2D eigenvalue weighted by atomic mass is 32.2. The van der Waals surface area contributed by atoms with Crippen LogP contribution in [-0.2, 0) is 24.7 Å². The highest BCUT2D eigenvalue weighted by Gasteiger charge is 2.54. The normalized spacial score (nSPS) is 21.4. The van der Waals surface area contributed by atoms with Crippen LogP contribution >= 0.6 is 23.1 Å². The molecule has 2 atom stereocenters. The Hall–Kier alpha value is -1.90. The second-order valence-corrected chi connectivity index (χ2v) is 7.52. The maximum Gasteiger partial charge on any atom is 0.363 e. The van der Waals surface area contributed by atoms with E-state index in [-0.39, 0.29) is 20.8 Å². The van der Waals surface area contributed by atoms with Crippen LogP contribution in [0.5, 0.6) is 0 Å². The Morgan fingerprint density at radius 2 is 2.29 bits per heavy atom. The van der Waals surface area contributed by atoms with Gasteiger partial charge in [0.25, 0.3) is 11.8 Å². The maximum atomic E-state index is 12.3. The second-order valence-electron chi connectivity index (χ2n) is 4.38. The van der Waals surface area contributed by atoms with Gasteiger partial charge in [-0.1, -0.05) is 5.16 Å². The zero-order chi connectivity index (χ0) is 18.1. The van der Waals surface area contributed by atoms with Gasteiger partial charge >= 0.3 is 10.3 Å². The Labute approximate surface area is 145 Å². The van der Waals surface area contributed by atoms with Crippen LogP contribution in [0.25, 0.3) is 0 Å². The van der Waals surface area contributed by atoms with Gasteiger partial charge in [-0.25, -0.2) is 4.98 Å². The number of nitrogens with zero attached hydrogens (tertiary/aromatic N) is 3. The molecule has 2 rings (SSSR count). The molecule has 1 saturated heterocycles. The number of thioether (sulfide) groups is 1. The van der Waals surface area contributed by atoms with E-state index in [4.69, 9.17) is 10.3 Å². The van der Waals surface area contributed by atoms with Gasteiger partial charge in [0.15, 0.2) is 10.8 Å². The minimum atomic E-state index is -4.70. The Bertz CT molecular complexity index is 791. The van der Waals surface area contributed by atoms with Gasteiger partial charge in [0.2, 0.25) is 0 Å². The fourth-order valence-corrected chi connectivity index (χ4v) is 4.56. The summed E-state index contributed by atoms with van der Waals surface area (Å²) in [6.07, 6.45) is 1.53. The zero-order valence-electron chi connectivity index (χ0n) is 12.4. The zero-order valence-corrected chi connectivity index (χ0v) is 14.8. The molecule has 1 aliphatic rings. The van der Waals surface area contributed by atoms with Crippen molar-refractivity contribution in [3.05, 3.63) is 11.1 Å². The molecule has 0 spiro atoms. The molecule has 0 aliphatic carbocycles. The Morgan fingerprint density at radius 1 is 1.62 bits per heavy atom. The number of aromatic nitrogens is 1. The predicted molar refractivity (Wildman–Crippen MR) is 87.7 cm³/mol. The lowest BCUT2D eigenvalue weighted by Gasteiger charge is -2.42. The van der Waals surface area contributed by atoms with Crippen molar-refractivity contribution in [2.45, 2.75) is 11.4 Å². The van der Waals surface area contributed by atoms with Crippen molar-refractivity contribution in [2.24, 2.45) is 5.16 Å². The molecule has 24 heavy (non-hydrogen) atoms. The van der Waals surface area contributed by atoms with E-state index in [2.05, 4.69) is 20.3 Å². The number of carbonyl (C=O) groups is 2. The third kappa shape index (κ3) is 3.45. The lowest BCUT2D eigenvalue weighted by molar-refractivity contribution is -0.140. The summed E-state index contributed by atoms with van der Waals surface area (Å²) in [6.45, 7) is 0. The van der Waals surface area contributed by atoms with Crippen molar-refractivity contribution in [2.75, 3.05) is 19.1 Å². The number of thiazole rings is 1. The molecule has 2 unspecified atom stereocenters. The smallest absolute Gasteiger partial charge is 0.363 e. The third-order valence-corrected chi connectivity index (χ3v) is 5.62. The van der Waals surface area contributed by atoms with Gasteiger partial charge in [-0.2, -0.15) is 12.7 Å². The van der Waals surface area contributed by atoms with Crippen molar-refractivity contribution in [1.82, 2.24) is 14.6 Å². The van der Waals surface area contributed by atoms with Crippen molar-refractivity contribution in [3.8, 4) is 0 Å². The molecule has 0 aromatic carbocycles. The van der Waals surface area contributed by atoms with E-state index in [0.29, 0.717) is 0 Å². The molecule has 1 aliphatic heterocycles. The highest BCUT2D eigenvalue weighted by molar-refractivity contribution is 8.00. The standard InChI is InChI=1S/C10H13N5O6S3/c1-21-14-5(4-3-23-10(11)12-4)7(16)13-6-8(17)15(9(6)22-2)24(18,19)20/h3,6,9H,1-2H3,(H2,11,12)(H,13,16)(H,18,19,20). The average molecular weight is 395 g/mol. The minimum absolute atomic E-state index is 0.149. The maximum absolute atomic E-state index is 12.3. The van der Waals surface area contributed by atoms with E-state index in [1.54, 1.807) is 0 Å². The number of nitrogens with two attached hydrogens (primary N) is 1. The number of hydrogen-bond donors (Lipinski definition) is 3. The summed E-state index contributed by atoms with van der Waals surface area (Å²) in [7, 11) is -3.47. The van der Waals surface area contributed by atoms with Crippen LogP contribution in [0.2, 0.25) is 0 Å². The van der Waals surface area contributed by atoms with Crippen molar-refractivity contribution in [1.29, 1.82) is 0 Å². The summed E-state index contributed by atoms with van der Waals surface area (Å²) in [5.74, 6) is -1.76. The number of rotatable bonds is 6. The lowest BCUT2D eigenvalue weighted by Crippen LogP contribution is -2.71. The molecule has 132 valence electrons. The number of carbonyl (C=O) groups excluding carboxylic acids is 2. The number of nitrogen functional groups attached to an aromatic ring is 1. The van der Waals surface area contributed by atoms with Crippen LogP contribution in [0.3, 0.4) is 0 Å². The first-order chi connectivity index (χ1) is 11.2. The van der Waals surface area contributed by atoms with E-state index in [0.717, 1.165) is 23.1 Å². The number of oxime groups is 1. The summed E-state index contributed by atoms with van der Waals surface area (Å²) in [4.78, 5) is 32.7. The highest BCUT2D eigenvalue weighted by Crippen LogP contribution is 2.30. The van der Waals surface area contributed by atoms with E-state index < -0.39 is 33.5 Å². The third-order valence-electron chi connectivity index (χ3n) is 2.94. The molecule has 1 aromatic heterocycles. The number of anilines is 1. The van der Waals surface area contributed by atoms with E-state index in [1.807, 2.05) is 0 Å². The quantitative estimate of drug-likeness (QED) is 0.234. The van der Waals surface area contributed by atoms with Gasteiger partial charge in [-0.3, -0.25) is 14.1 Å². The Morgan fingerprint density at radius 3 is 2.75 bits per heavy atom. The van der Waals surface area contributed by atoms with E-state index >= 15 is 0 Å². The first-order valence-electron chi connectivity index (χ1n) is 6.17. The summed E-state index contributed by atoms with van der Waals surface area (Å²) in [6, 6.07) is -1.15. The molecule has 4 N–H and O–H groups in total. The van der Waals surface area contributed by atoms with Crippen molar-refractivity contribution >= 4 is 56.1 Å². The first kappa shape index (κ1) is 18.4. The predicted octanol–water partition coefficient (Wildman–Crippen LogP) is -1.11. The topological polar surface area (TPSA) is 164 Å². The van der Waals surface area contributed by atoms with Crippen LogP contribution in [0.4, 0.5) is 5.13 Å². The van der Waals surface area contributed by atoms with E-state index in [9.17, 15) is 18.0 Å². The summed E-state index contributed by atoms with van der Waals surface area (Å²) in [5.41, 5.74) is 5.43. The van der Waals surface area contributed by atoms with Crippen LogP contribution in [0.1, 0.15) is 5.69 Å². The Balaban J connectivity index is 2.19. The van der Waals surface area contributed by atoms with Crippen LogP contribution in [-0.4, -0.2) is 64.6 Å². The molecule has 2 amide bonds. The molecule has 0 saturated carbocycles. The fourth-order valence-electron chi connectivity index (χ4n) is 1.95. The average Bonchev–Trinajstić information content (AvgIpc) is 2.91. The van der Waals surface area contributed by atoms with Gasteiger partial charge < -0.3 is 15.9 Å². The minimum Gasteiger partial charge on any atom is -0.398 e. The summed E-state index contributed by atoms with van der Waals surface area (Å²) in [5, 5.41) is 6.62. The molecule has 1 aromatic rings. The molecule has 11 nitrogen and oxygen atoms in total. The SMILES string of the molecule is CON=C(C(=O)NC1C(=O)N(S(=O)(=O)O)C1SC)c1csc(N)n1. The molecular formula is C10H13N5O6S3. The molecular weight excluding hydrogens is 382 g/mol. The largest absolute Gasteiger partial charge is 0.398 e. The van der Waals surface area contributed by atoms with E-state index in [1.165, 1.54) is 18.7 Å². The number of hydrogen-bond acceptors (Lipinski definition) is 10. The number of nitrogens with one attached hydrogen (secondary N) is 1. The van der Waals surface area contributed by atoms with Gasteiger partial charge in [-0.05, 0) is 6.26 Å². The summed E-state index contributed by atoms with van der Waals surface area (Å²) >= 11 is 2.05.